The largest absolute Gasteiger partial charge is 0.493 e. The normalized spacial score (nSPS) is 11.0. The number of hydrogen-bond acceptors (Lipinski definition) is 5. The van der Waals surface area contributed by atoms with E-state index in [-0.39, 0.29) is 29.3 Å². The molecule has 0 atom stereocenters. The predicted molar refractivity (Wildman–Crippen MR) is 102 cm³/mol. The van der Waals surface area contributed by atoms with Crippen LogP contribution in [0.2, 0.25) is 0 Å². The molecular formula is C18H21FN2O5S. The summed E-state index contributed by atoms with van der Waals surface area (Å²) in [4.78, 5) is 12.8. The lowest BCUT2D eigenvalue weighted by molar-refractivity contribution is 0.102. The minimum absolute atomic E-state index is 0.0734. The molecule has 0 fully saturated rings. The summed E-state index contributed by atoms with van der Waals surface area (Å²) >= 11 is 0. The molecule has 0 saturated carbocycles. The van der Waals surface area contributed by atoms with Gasteiger partial charge in [0.05, 0.1) is 31.7 Å². The fourth-order valence-corrected chi connectivity index (χ4v) is 3.55. The zero-order valence-electron chi connectivity index (χ0n) is 15.4. The van der Waals surface area contributed by atoms with E-state index in [9.17, 15) is 17.6 Å². The molecule has 0 spiro atoms. The summed E-state index contributed by atoms with van der Waals surface area (Å²) in [5.74, 6) is -0.448. The molecule has 0 aliphatic rings. The fourth-order valence-electron chi connectivity index (χ4n) is 2.57. The SMILES string of the molecule is CCN(c1cc(OC)c(OC)cc1C(=O)Nc1ccc(F)cc1)S(C)(=O)=O. The zero-order chi connectivity index (χ0) is 20.2. The number of halogens is 1. The van der Waals surface area contributed by atoms with Crippen molar-refractivity contribution in [2.24, 2.45) is 0 Å². The molecule has 7 nitrogen and oxygen atoms in total. The van der Waals surface area contributed by atoms with E-state index in [1.165, 1.54) is 50.6 Å². The molecule has 0 saturated heterocycles. The van der Waals surface area contributed by atoms with Crippen LogP contribution in [0.1, 0.15) is 17.3 Å². The lowest BCUT2D eigenvalue weighted by Gasteiger charge is -2.24. The van der Waals surface area contributed by atoms with Crippen molar-refractivity contribution < 1.29 is 27.1 Å². The van der Waals surface area contributed by atoms with Crippen molar-refractivity contribution in [2.45, 2.75) is 6.92 Å². The van der Waals surface area contributed by atoms with Crippen molar-refractivity contribution in [3.8, 4) is 11.5 Å². The van der Waals surface area contributed by atoms with Gasteiger partial charge in [0.15, 0.2) is 11.5 Å². The Morgan fingerprint density at radius 1 is 1.11 bits per heavy atom. The van der Waals surface area contributed by atoms with Crippen LogP contribution in [0.25, 0.3) is 0 Å². The first-order chi connectivity index (χ1) is 12.7. The Hall–Kier alpha value is -2.81. The Bertz CT molecular complexity index is 930. The van der Waals surface area contributed by atoms with E-state index >= 15 is 0 Å². The molecule has 0 unspecified atom stereocenters. The van der Waals surface area contributed by atoms with Crippen LogP contribution in [0.15, 0.2) is 36.4 Å². The summed E-state index contributed by atoms with van der Waals surface area (Å²) in [5, 5.41) is 2.62. The Morgan fingerprint density at radius 2 is 1.67 bits per heavy atom. The van der Waals surface area contributed by atoms with Gasteiger partial charge in [0.1, 0.15) is 5.82 Å². The number of methoxy groups -OCH3 is 2. The second-order valence-corrected chi connectivity index (χ2v) is 7.52. The number of anilines is 2. The summed E-state index contributed by atoms with van der Waals surface area (Å²) in [6, 6.07) is 8.06. The minimum atomic E-state index is -3.64. The van der Waals surface area contributed by atoms with Crippen molar-refractivity contribution >= 4 is 27.3 Å². The van der Waals surface area contributed by atoms with E-state index < -0.39 is 21.7 Å². The second kappa shape index (κ2) is 8.26. The van der Waals surface area contributed by atoms with E-state index in [1.54, 1.807) is 6.92 Å². The number of nitrogens with zero attached hydrogens (tertiary/aromatic N) is 1. The van der Waals surface area contributed by atoms with Crippen LogP contribution >= 0.6 is 0 Å². The van der Waals surface area contributed by atoms with Gasteiger partial charge in [-0.25, -0.2) is 12.8 Å². The Kier molecular flexibility index (Phi) is 6.27. The lowest BCUT2D eigenvalue weighted by atomic mass is 10.1. The number of benzene rings is 2. The molecule has 27 heavy (non-hydrogen) atoms. The van der Waals surface area contributed by atoms with E-state index in [4.69, 9.17) is 9.47 Å². The van der Waals surface area contributed by atoms with E-state index in [1.807, 2.05) is 0 Å². The molecular weight excluding hydrogens is 375 g/mol. The van der Waals surface area contributed by atoms with Crippen molar-refractivity contribution in [1.29, 1.82) is 0 Å². The van der Waals surface area contributed by atoms with Crippen LogP contribution < -0.4 is 19.1 Å². The van der Waals surface area contributed by atoms with Crippen molar-refractivity contribution in [3.05, 3.63) is 47.8 Å². The van der Waals surface area contributed by atoms with Gasteiger partial charge in [0.25, 0.3) is 5.91 Å². The molecule has 2 aromatic carbocycles. The van der Waals surface area contributed by atoms with Crippen LogP contribution in [0, 0.1) is 5.82 Å². The quantitative estimate of drug-likeness (QED) is 0.778. The number of rotatable bonds is 7. The molecule has 0 aliphatic heterocycles. The fraction of sp³-hybridized carbons (Fsp3) is 0.278. The maximum atomic E-state index is 13.1. The summed E-state index contributed by atoms with van der Waals surface area (Å²) < 4.78 is 48.9. The molecule has 0 bridgehead atoms. The number of nitrogens with one attached hydrogen (secondary N) is 1. The first-order valence-electron chi connectivity index (χ1n) is 8.02. The molecule has 0 radical (unpaired) electrons. The van der Waals surface area contributed by atoms with Crippen LogP contribution in [0.5, 0.6) is 11.5 Å². The highest BCUT2D eigenvalue weighted by molar-refractivity contribution is 7.92. The molecule has 0 heterocycles. The van der Waals surface area contributed by atoms with Crippen LogP contribution in [0.4, 0.5) is 15.8 Å². The van der Waals surface area contributed by atoms with Gasteiger partial charge in [-0.05, 0) is 37.3 Å². The van der Waals surface area contributed by atoms with Gasteiger partial charge in [-0.1, -0.05) is 0 Å². The van der Waals surface area contributed by atoms with Gasteiger partial charge in [-0.2, -0.15) is 0 Å². The highest BCUT2D eigenvalue weighted by atomic mass is 32.2. The van der Waals surface area contributed by atoms with Gasteiger partial charge in [-0.15, -0.1) is 0 Å². The molecule has 0 aliphatic carbocycles. The van der Waals surface area contributed by atoms with Gasteiger partial charge >= 0.3 is 0 Å². The van der Waals surface area contributed by atoms with E-state index in [0.717, 1.165) is 10.6 Å². The maximum Gasteiger partial charge on any atom is 0.257 e. The summed E-state index contributed by atoms with van der Waals surface area (Å²) in [6.45, 7) is 1.77. The topological polar surface area (TPSA) is 84.9 Å². The van der Waals surface area contributed by atoms with Gasteiger partial charge in [0, 0.05) is 18.3 Å². The van der Waals surface area contributed by atoms with Crippen LogP contribution in [0.3, 0.4) is 0 Å². The van der Waals surface area contributed by atoms with E-state index in [0.29, 0.717) is 5.69 Å². The van der Waals surface area contributed by atoms with Crippen molar-refractivity contribution in [1.82, 2.24) is 0 Å². The summed E-state index contributed by atoms with van der Waals surface area (Å²) in [5.41, 5.74) is 0.589. The first-order valence-corrected chi connectivity index (χ1v) is 9.86. The Balaban J connectivity index is 2.57. The second-order valence-electron chi connectivity index (χ2n) is 5.61. The smallest absolute Gasteiger partial charge is 0.257 e. The van der Waals surface area contributed by atoms with Crippen molar-refractivity contribution in [2.75, 3.05) is 36.6 Å². The summed E-state index contributed by atoms with van der Waals surface area (Å²) in [6.07, 6.45) is 1.05. The highest BCUT2D eigenvalue weighted by Crippen LogP contribution is 2.36. The molecule has 9 heteroatoms. The number of hydrogen-bond donors (Lipinski definition) is 1. The van der Waals surface area contributed by atoms with Gasteiger partial charge < -0.3 is 14.8 Å². The average molecular weight is 396 g/mol. The zero-order valence-corrected chi connectivity index (χ0v) is 16.3. The number of carbonyl (C=O) groups is 1. The highest BCUT2D eigenvalue weighted by Gasteiger charge is 2.25. The molecule has 2 rings (SSSR count). The number of amides is 1. The van der Waals surface area contributed by atoms with Crippen molar-refractivity contribution in [3.63, 3.8) is 0 Å². The van der Waals surface area contributed by atoms with Crippen LogP contribution in [-0.4, -0.2) is 41.3 Å². The lowest BCUT2D eigenvalue weighted by Crippen LogP contribution is -2.31. The third kappa shape index (κ3) is 4.68. The van der Waals surface area contributed by atoms with Gasteiger partial charge in [0.2, 0.25) is 10.0 Å². The summed E-state index contributed by atoms with van der Waals surface area (Å²) in [7, 11) is -0.816. The Morgan fingerprint density at radius 3 is 2.15 bits per heavy atom. The number of ether oxygens (including phenoxy) is 2. The molecule has 1 N–H and O–H groups in total. The molecule has 1 amide bonds. The molecule has 0 aromatic heterocycles. The number of carbonyl (C=O) groups excluding carboxylic acids is 1. The third-order valence-electron chi connectivity index (χ3n) is 3.80. The molecule has 2 aromatic rings. The first kappa shape index (κ1) is 20.5. The maximum absolute atomic E-state index is 13.1. The van der Waals surface area contributed by atoms with E-state index in [2.05, 4.69) is 5.32 Å². The monoisotopic (exact) mass is 396 g/mol. The third-order valence-corrected chi connectivity index (χ3v) is 5.06. The molecule has 146 valence electrons. The van der Waals surface area contributed by atoms with Crippen LogP contribution in [-0.2, 0) is 10.0 Å². The predicted octanol–water partition coefficient (Wildman–Crippen LogP) is 2.88. The standard InChI is InChI=1S/C18H21FN2O5S/c1-5-21(27(4,23)24)15-11-17(26-3)16(25-2)10-14(15)18(22)20-13-8-6-12(19)7-9-13/h6-11H,5H2,1-4H3,(H,20,22). The number of sulfonamides is 1. The minimum Gasteiger partial charge on any atom is -0.493 e. The van der Waals surface area contributed by atoms with Gasteiger partial charge in [-0.3, -0.25) is 9.10 Å². The average Bonchev–Trinajstić information content (AvgIpc) is 2.62. The Labute approximate surface area is 157 Å².